The predicted molar refractivity (Wildman–Crippen MR) is 132 cm³/mol. The topological polar surface area (TPSA) is 79.2 Å². The van der Waals surface area contributed by atoms with Crippen molar-refractivity contribution in [2.24, 2.45) is 0 Å². The second kappa shape index (κ2) is 12.9. The van der Waals surface area contributed by atoms with E-state index in [-0.39, 0.29) is 18.6 Å². The summed E-state index contributed by atoms with van der Waals surface area (Å²) in [4.78, 5) is 13.8. The molecule has 0 bridgehead atoms. The van der Waals surface area contributed by atoms with Gasteiger partial charge in [0, 0.05) is 19.1 Å². The Balaban J connectivity index is 1.67. The van der Waals surface area contributed by atoms with Crippen LogP contribution in [0.1, 0.15) is 34.5 Å². The molecule has 180 valence electrons. The van der Waals surface area contributed by atoms with Crippen LogP contribution in [0.5, 0.6) is 5.75 Å². The Bertz CT molecular complexity index is 994. The number of aliphatic hydroxyl groups is 2. The fourth-order valence-corrected chi connectivity index (χ4v) is 3.83. The van der Waals surface area contributed by atoms with Crippen LogP contribution >= 0.6 is 0 Å². The fraction of sp³-hybridized carbons (Fsp3) is 0.321. The van der Waals surface area contributed by atoms with Crippen LogP contribution in [-0.4, -0.2) is 60.0 Å². The van der Waals surface area contributed by atoms with Crippen molar-refractivity contribution in [3.05, 3.63) is 102 Å². The van der Waals surface area contributed by atoms with E-state index in [1.807, 2.05) is 72.8 Å². The summed E-state index contributed by atoms with van der Waals surface area (Å²) in [5, 5.41) is 21.5. The molecule has 0 fully saturated rings. The van der Waals surface area contributed by atoms with Gasteiger partial charge in [0.05, 0.1) is 18.8 Å². The van der Waals surface area contributed by atoms with E-state index < -0.39 is 12.2 Å². The Morgan fingerprint density at radius 3 is 2.12 bits per heavy atom. The summed E-state index contributed by atoms with van der Waals surface area (Å²) in [6.45, 7) is 2.94. The molecular weight excluding hydrogens is 430 g/mol. The summed E-state index contributed by atoms with van der Waals surface area (Å²) in [5.74, 6) is 0.338. The molecule has 0 aromatic heterocycles. The van der Waals surface area contributed by atoms with Crippen LogP contribution in [0.3, 0.4) is 0 Å². The molecule has 6 heteroatoms. The van der Waals surface area contributed by atoms with Crippen molar-refractivity contribution in [2.75, 3.05) is 26.8 Å². The molecular formula is C28H33NO5. The van der Waals surface area contributed by atoms with Gasteiger partial charge in [-0.2, -0.15) is 0 Å². The normalized spacial score (nSPS) is 13.8. The number of ether oxygens (including phenoxy) is 2. The molecule has 6 nitrogen and oxygen atoms in total. The molecule has 3 rings (SSSR count). The summed E-state index contributed by atoms with van der Waals surface area (Å²) >= 11 is 0. The zero-order valence-electron chi connectivity index (χ0n) is 19.7. The summed E-state index contributed by atoms with van der Waals surface area (Å²) < 4.78 is 10.5. The van der Waals surface area contributed by atoms with E-state index in [0.717, 1.165) is 11.1 Å². The smallest absolute Gasteiger partial charge is 0.337 e. The van der Waals surface area contributed by atoms with E-state index >= 15 is 0 Å². The highest BCUT2D eigenvalue weighted by atomic mass is 16.5. The number of carbonyl (C=O) groups is 1. The molecule has 34 heavy (non-hydrogen) atoms. The van der Waals surface area contributed by atoms with Gasteiger partial charge in [0.2, 0.25) is 0 Å². The SMILES string of the molecule is COC(=O)c1ccc(C[C@@H](C)N(C[C@H](O)COc2ccccc2)C[C@H](O)c2ccccc2)cc1. The third-order valence-electron chi connectivity index (χ3n) is 5.75. The van der Waals surface area contributed by atoms with Crippen LogP contribution in [0, 0.1) is 0 Å². The number of aliphatic hydroxyl groups excluding tert-OH is 2. The lowest BCUT2D eigenvalue weighted by molar-refractivity contribution is 0.0291. The number of para-hydroxylation sites is 1. The summed E-state index contributed by atoms with van der Waals surface area (Å²) in [6, 6.07) is 26.2. The number of nitrogens with zero attached hydrogens (tertiary/aromatic N) is 1. The zero-order chi connectivity index (χ0) is 24.3. The molecule has 0 spiro atoms. The molecule has 0 aliphatic carbocycles. The third kappa shape index (κ3) is 7.70. The van der Waals surface area contributed by atoms with Crippen molar-refractivity contribution in [1.29, 1.82) is 0 Å². The molecule has 3 aromatic carbocycles. The fourth-order valence-electron chi connectivity index (χ4n) is 3.83. The van der Waals surface area contributed by atoms with Crippen LogP contribution < -0.4 is 4.74 Å². The van der Waals surface area contributed by atoms with Crippen molar-refractivity contribution in [3.63, 3.8) is 0 Å². The molecule has 3 aromatic rings. The van der Waals surface area contributed by atoms with Gasteiger partial charge in [0.15, 0.2) is 0 Å². The highest BCUT2D eigenvalue weighted by Crippen LogP contribution is 2.18. The van der Waals surface area contributed by atoms with Crippen molar-refractivity contribution in [2.45, 2.75) is 31.6 Å². The molecule has 0 aliphatic heterocycles. The van der Waals surface area contributed by atoms with Gasteiger partial charge in [-0.15, -0.1) is 0 Å². The Labute approximate surface area is 201 Å². The average molecular weight is 464 g/mol. The Kier molecular flexibility index (Phi) is 9.64. The molecule has 3 atom stereocenters. The van der Waals surface area contributed by atoms with Crippen molar-refractivity contribution in [1.82, 2.24) is 4.90 Å². The first-order valence-corrected chi connectivity index (χ1v) is 11.5. The van der Waals surface area contributed by atoms with Gasteiger partial charge in [-0.25, -0.2) is 4.79 Å². The molecule has 0 heterocycles. The van der Waals surface area contributed by atoms with Crippen molar-refractivity contribution >= 4 is 5.97 Å². The van der Waals surface area contributed by atoms with E-state index in [9.17, 15) is 15.0 Å². The van der Waals surface area contributed by atoms with E-state index in [4.69, 9.17) is 9.47 Å². The number of hydrogen-bond donors (Lipinski definition) is 2. The predicted octanol–water partition coefficient (Wildman–Crippen LogP) is 3.88. The molecule has 2 N–H and O–H groups in total. The maximum Gasteiger partial charge on any atom is 0.337 e. The van der Waals surface area contributed by atoms with Gasteiger partial charge in [-0.1, -0.05) is 60.7 Å². The minimum atomic E-state index is -0.729. The second-order valence-electron chi connectivity index (χ2n) is 8.40. The summed E-state index contributed by atoms with van der Waals surface area (Å²) in [6.07, 6.45) is -0.727. The largest absolute Gasteiger partial charge is 0.491 e. The minimum Gasteiger partial charge on any atom is -0.491 e. The highest BCUT2D eigenvalue weighted by Gasteiger charge is 2.22. The van der Waals surface area contributed by atoms with Gasteiger partial charge in [0.1, 0.15) is 18.5 Å². The lowest BCUT2D eigenvalue weighted by Gasteiger charge is -2.33. The number of rotatable bonds is 12. The quantitative estimate of drug-likeness (QED) is 0.397. The maximum atomic E-state index is 11.7. The molecule has 0 aliphatic rings. The Morgan fingerprint density at radius 1 is 0.882 bits per heavy atom. The molecule has 0 unspecified atom stereocenters. The maximum absolute atomic E-state index is 11.7. The van der Waals surface area contributed by atoms with Gasteiger partial charge in [0.25, 0.3) is 0 Å². The Hall–Kier alpha value is -3.19. The first kappa shape index (κ1) is 25.4. The van der Waals surface area contributed by atoms with E-state index in [1.165, 1.54) is 7.11 Å². The van der Waals surface area contributed by atoms with Crippen LogP contribution in [0.4, 0.5) is 0 Å². The van der Waals surface area contributed by atoms with Crippen LogP contribution in [0.2, 0.25) is 0 Å². The number of carbonyl (C=O) groups excluding carboxylic acids is 1. The highest BCUT2D eigenvalue weighted by molar-refractivity contribution is 5.89. The summed E-state index contributed by atoms with van der Waals surface area (Å²) in [7, 11) is 1.36. The van der Waals surface area contributed by atoms with Gasteiger partial charge >= 0.3 is 5.97 Å². The summed E-state index contributed by atoms with van der Waals surface area (Å²) in [5.41, 5.74) is 2.38. The number of benzene rings is 3. The lowest BCUT2D eigenvalue weighted by Crippen LogP contribution is -2.44. The number of methoxy groups -OCH3 is 1. The van der Waals surface area contributed by atoms with E-state index in [2.05, 4.69) is 11.8 Å². The first-order chi connectivity index (χ1) is 16.5. The monoisotopic (exact) mass is 463 g/mol. The van der Waals surface area contributed by atoms with E-state index in [1.54, 1.807) is 12.1 Å². The molecule has 0 saturated carbocycles. The van der Waals surface area contributed by atoms with Crippen LogP contribution in [0.25, 0.3) is 0 Å². The molecule has 0 amide bonds. The van der Waals surface area contributed by atoms with Gasteiger partial charge in [-0.3, -0.25) is 4.90 Å². The van der Waals surface area contributed by atoms with Gasteiger partial charge in [-0.05, 0) is 48.7 Å². The minimum absolute atomic E-state index is 0.0220. The average Bonchev–Trinajstić information content (AvgIpc) is 2.88. The standard InChI is InChI=1S/C28H33NO5/c1-21(17-22-13-15-24(16-14-22)28(32)33-2)29(19-27(31)23-9-5-3-6-10-23)18-25(30)20-34-26-11-7-4-8-12-26/h3-16,21,25,27,30-31H,17-20H2,1-2H3/t21-,25+,27+/m1/s1. The second-order valence-corrected chi connectivity index (χ2v) is 8.40. The third-order valence-corrected chi connectivity index (χ3v) is 5.75. The van der Waals surface area contributed by atoms with Gasteiger partial charge < -0.3 is 19.7 Å². The van der Waals surface area contributed by atoms with Crippen LogP contribution in [0.15, 0.2) is 84.9 Å². The van der Waals surface area contributed by atoms with Crippen molar-refractivity contribution in [3.8, 4) is 5.75 Å². The molecule has 0 radical (unpaired) electrons. The van der Waals surface area contributed by atoms with E-state index in [0.29, 0.717) is 30.8 Å². The molecule has 0 saturated heterocycles. The number of esters is 1. The number of hydrogen-bond acceptors (Lipinski definition) is 6. The lowest BCUT2D eigenvalue weighted by atomic mass is 10.0. The van der Waals surface area contributed by atoms with Crippen LogP contribution in [-0.2, 0) is 11.2 Å². The van der Waals surface area contributed by atoms with Crippen molar-refractivity contribution < 1.29 is 24.5 Å². The Morgan fingerprint density at radius 2 is 1.50 bits per heavy atom. The first-order valence-electron chi connectivity index (χ1n) is 11.5. The zero-order valence-corrected chi connectivity index (χ0v) is 19.7.